The third-order valence-electron chi connectivity index (χ3n) is 3.70. The van der Waals surface area contributed by atoms with Crippen LogP contribution in [0.1, 0.15) is 40.5 Å². The highest BCUT2D eigenvalue weighted by Crippen LogP contribution is 2.63. The minimum Gasteiger partial charge on any atom is -0.419 e. The summed E-state index contributed by atoms with van der Waals surface area (Å²) in [6, 6.07) is 0. The van der Waals surface area contributed by atoms with Gasteiger partial charge in [0.25, 0.3) is 5.79 Å². The molecule has 4 nitrogen and oxygen atoms in total. The summed E-state index contributed by atoms with van der Waals surface area (Å²) in [5.74, 6) is -1.49. The second kappa shape index (κ2) is 3.59. The zero-order valence-corrected chi connectivity index (χ0v) is 10.7. The first-order chi connectivity index (χ1) is 7.77. The molecule has 0 radical (unpaired) electrons. The lowest BCUT2D eigenvalue weighted by Gasteiger charge is -2.30. The van der Waals surface area contributed by atoms with Gasteiger partial charge in [-0.05, 0) is 23.8 Å². The number of carbonyl (C=O) groups excluding carboxylic acids is 2. The highest BCUT2D eigenvalue weighted by atomic mass is 16.7. The lowest BCUT2D eigenvalue weighted by atomic mass is 10.0. The van der Waals surface area contributed by atoms with E-state index in [1.807, 2.05) is 6.08 Å². The molecule has 0 aliphatic heterocycles. The molecule has 0 saturated heterocycles. The second-order valence-corrected chi connectivity index (χ2v) is 5.41. The average molecular weight is 238 g/mol. The summed E-state index contributed by atoms with van der Waals surface area (Å²) < 4.78 is 10.4. The largest absolute Gasteiger partial charge is 0.419 e. The topological polar surface area (TPSA) is 52.6 Å². The molecule has 94 valence electrons. The Balaban J connectivity index is 2.27. The Bertz CT molecular complexity index is 390. The van der Waals surface area contributed by atoms with Crippen molar-refractivity contribution in [3.8, 4) is 0 Å². The maximum atomic E-state index is 11.1. The molecule has 0 aromatic heterocycles. The summed E-state index contributed by atoms with van der Waals surface area (Å²) in [6.45, 7) is 6.96. The van der Waals surface area contributed by atoms with E-state index in [1.54, 1.807) is 0 Å². The Labute approximate surface area is 101 Å². The summed E-state index contributed by atoms with van der Waals surface area (Å²) in [5, 5.41) is 0. The van der Waals surface area contributed by atoms with Crippen molar-refractivity contribution in [3.63, 3.8) is 0 Å². The van der Waals surface area contributed by atoms with Crippen molar-refractivity contribution in [1.82, 2.24) is 0 Å². The number of hydrogen-bond donors (Lipinski definition) is 0. The van der Waals surface area contributed by atoms with E-state index in [0.29, 0.717) is 12.3 Å². The van der Waals surface area contributed by atoms with Gasteiger partial charge in [-0.15, -0.1) is 0 Å². The van der Waals surface area contributed by atoms with Crippen LogP contribution in [0.25, 0.3) is 0 Å². The summed E-state index contributed by atoms with van der Waals surface area (Å²) >= 11 is 0. The van der Waals surface area contributed by atoms with Crippen molar-refractivity contribution in [3.05, 3.63) is 11.6 Å². The maximum Gasteiger partial charge on any atom is 0.306 e. The molecule has 0 unspecified atom stereocenters. The number of carbonyl (C=O) groups is 2. The van der Waals surface area contributed by atoms with Gasteiger partial charge in [0, 0.05) is 20.3 Å². The van der Waals surface area contributed by atoms with E-state index in [2.05, 4.69) is 13.8 Å². The predicted molar refractivity (Wildman–Crippen MR) is 60.9 cm³/mol. The fourth-order valence-electron chi connectivity index (χ4n) is 2.80. The van der Waals surface area contributed by atoms with Gasteiger partial charge in [-0.2, -0.15) is 0 Å². The quantitative estimate of drug-likeness (QED) is 0.420. The number of fused-ring (bicyclic) bond motifs is 1. The van der Waals surface area contributed by atoms with Gasteiger partial charge in [-0.25, -0.2) is 0 Å². The lowest BCUT2D eigenvalue weighted by Crippen LogP contribution is -2.38. The van der Waals surface area contributed by atoms with Crippen LogP contribution in [0.15, 0.2) is 11.6 Å². The van der Waals surface area contributed by atoms with E-state index in [1.165, 1.54) is 19.4 Å². The molecule has 2 rings (SSSR count). The minimum absolute atomic E-state index is 0.155. The molecule has 2 aliphatic carbocycles. The van der Waals surface area contributed by atoms with Gasteiger partial charge in [-0.1, -0.05) is 19.4 Å². The standard InChI is InChI=1S/C13H18O4/c1-8(14)16-13(17-9(2)15)6-5-10-11(7-13)12(10,3)4/h7,10H,5-6H2,1-4H3/t10-/m0/s1. The molecule has 0 aromatic rings. The van der Waals surface area contributed by atoms with Crippen molar-refractivity contribution in [2.75, 3.05) is 0 Å². The summed E-state index contributed by atoms with van der Waals surface area (Å²) in [7, 11) is 0. The summed E-state index contributed by atoms with van der Waals surface area (Å²) in [4.78, 5) is 22.3. The number of hydrogen-bond acceptors (Lipinski definition) is 4. The second-order valence-electron chi connectivity index (χ2n) is 5.41. The fraction of sp³-hybridized carbons (Fsp3) is 0.692. The molecular weight excluding hydrogens is 220 g/mol. The average Bonchev–Trinajstić information content (AvgIpc) is 2.64. The van der Waals surface area contributed by atoms with Crippen molar-refractivity contribution in [2.24, 2.45) is 11.3 Å². The SMILES string of the molecule is CC(=O)OC1(OC(C)=O)C=C2[C@H](CC1)C2(C)C. The van der Waals surface area contributed by atoms with Crippen LogP contribution in [0, 0.1) is 11.3 Å². The Morgan fingerprint density at radius 2 is 1.76 bits per heavy atom. The molecule has 0 bridgehead atoms. The van der Waals surface area contributed by atoms with Crippen LogP contribution in [0.4, 0.5) is 0 Å². The van der Waals surface area contributed by atoms with Crippen LogP contribution >= 0.6 is 0 Å². The molecule has 1 atom stereocenters. The first-order valence-electron chi connectivity index (χ1n) is 5.89. The molecule has 0 amide bonds. The van der Waals surface area contributed by atoms with Gasteiger partial charge in [-0.3, -0.25) is 9.59 Å². The van der Waals surface area contributed by atoms with Crippen LogP contribution in [-0.4, -0.2) is 17.7 Å². The molecule has 0 spiro atoms. The zero-order valence-electron chi connectivity index (χ0n) is 10.7. The Kier molecular flexibility index (Phi) is 2.56. The van der Waals surface area contributed by atoms with Crippen molar-refractivity contribution < 1.29 is 19.1 Å². The van der Waals surface area contributed by atoms with E-state index in [-0.39, 0.29) is 5.41 Å². The van der Waals surface area contributed by atoms with Crippen LogP contribution in [0.3, 0.4) is 0 Å². The van der Waals surface area contributed by atoms with Gasteiger partial charge in [0.15, 0.2) is 0 Å². The highest BCUT2D eigenvalue weighted by Gasteiger charge is 2.58. The van der Waals surface area contributed by atoms with Crippen LogP contribution in [-0.2, 0) is 19.1 Å². The first-order valence-corrected chi connectivity index (χ1v) is 5.89. The van der Waals surface area contributed by atoms with Crippen molar-refractivity contribution >= 4 is 11.9 Å². The summed E-state index contributed by atoms with van der Waals surface area (Å²) in [5.41, 5.74) is 1.38. The van der Waals surface area contributed by atoms with E-state index in [9.17, 15) is 9.59 Å². The van der Waals surface area contributed by atoms with Gasteiger partial charge in [0.05, 0.1) is 0 Å². The number of allylic oxidation sites excluding steroid dienone is 1. The molecular formula is C13H18O4. The molecule has 0 N–H and O–H groups in total. The fourth-order valence-corrected chi connectivity index (χ4v) is 2.80. The molecule has 2 aliphatic rings. The van der Waals surface area contributed by atoms with Crippen LogP contribution < -0.4 is 0 Å². The van der Waals surface area contributed by atoms with Gasteiger partial charge in [0.2, 0.25) is 0 Å². The van der Waals surface area contributed by atoms with Crippen molar-refractivity contribution in [2.45, 2.75) is 46.3 Å². The summed E-state index contributed by atoms with van der Waals surface area (Å²) in [6.07, 6.45) is 3.26. The molecule has 1 saturated carbocycles. The van der Waals surface area contributed by atoms with E-state index in [0.717, 1.165) is 6.42 Å². The molecule has 0 heterocycles. The Hall–Kier alpha value is -1.32. The highest BCUT2D eigenvalue weighted by molar-refractivity contribution is 5.69. The first kappa shape index (κ1) is 12.1. The zero-order chi connectivity index (χ0) is 12.8. The Morgan fingerprint density at radius 3 is 2.18 bits per heavy atom. The molecule has 0 aromatic carbocycles. The smallest absolute Gasteiger partial charge is 0.306 e. The maximum absolute atomic E-state index is 11.1. The molecule has 1 fully saturated rings. The van der Waals surface area contributed by atoms with E-state index >= 15 is 0 Å². The third-order valence-corrected chi connectivity index (χ3v) is 3.70. The normalized spacial score (nSPS) is 27.5. The van der Waals surface area contributed by atoms with Crippen molar-refractivity contribution in [1.29, 1.82) is 0 Å². The van der Waals surface area contributed by atoms with Crippen LogP contribution in [0.2, 0.25) is 0 Å². The van der Waals surface area contributed by atoms with E-state index in [4.69, 9.17) is 9.47 Å². The number of esters is 2. The predicted octanol–water partition coefficient (Wildman–Crippen LogP) is 2.19. The van der Waals surface area contributed by atoms with Gasteiger partial charge < -0.3 is 9.47 Å². The molecule has 17 heavy (non-hydrogen) atoms. The van der Waals surface area contributed by atoms with Gasteiger partial charge >= 0.3 is 11.9 Å². The minimum atomic E-state index is -1.17. The lowest BCUT2D eigenvalue weighted by molar-refractivity contribution is -0.212. The number of rotatable bonds is 2. The van der Waals surface area contributed by atoms with Crippen LogP contribution in [0.5, 0.6) is 0 Å². The third kappa shape index (κ3) is 2.08. The number of ether oxygens (including phenoxy) is 2. The molecule has 4 heteroatoms. The van der Waals surface area contributed by atoms with Gasteiger partial charge in [0.1, 0.15) is 0 Å². The monoisotopic (exact) mass is 238 g/mol. The Morgan fingerprint density at radius 1 is 1.24 bits per heavy atom. The van der Waals surface area contributed by atoms with E-state index < -0.39 is 17.7 Å².